The van der Waals surface area contributed by atoms with E-state index in [-0.39, 0.29) is 5.56 Å². The molecule has 1 atom stereocenters. The number of ether oxygens (including phenoxy) is 1. The maximum absolute atomic E-state index is 11.9. The standard InChI is InChI=1S/C22H23NO3/c1-5-13(2)15-6-9-20-18(11-15)19(22(24)25)12-21(23-20)17-8-7-16(26-4)10-14(17)3/h6-13H,5H2,1-4H3,(H,24,25). The minimum atomic E-state index is -0.939. The second kappa shape index (κ2) is 7.16. The van der Waals surface area contributed by atoms with Gasteiger partial charge in [0.2, 0.25) is 0 Å². The average Bonchev–Trinajstić information content (AvgIpc) is 2.65. The highest BCUT2D eigenvalue weighted by atomic mass is 16.5. The molecule has 0 bridgehead atoms. The summed E-state index contributed by atoms with van der Waals surface area (Å²) >= 11 is 0. The summed E-state index contributed by atoms with van der Waals surface area (Å²) in [5.41, 5.74) is 4.67. The molecule has 1 aromatic heterocycles. The van der Waals surface area contributed by atoms with Gasteiger partial charge >= 0.3 is 5.97 Å². The number of nitrogens with zero attached hydrogens (tertiary/aromatic N) is 1. The summed E-state index contributed by atoms with van der Waals surface area (Å²) in [5.74, 6) is 0.208. The number of carboxylic acid groups (broad SMARTS) is 1. The minimum absolute atomic E-state index is 0.283. The third kappa shape index (κ3) is 3.27. The number of aryl methyl sites for hydroxylation is 1. The summed E-state index contributed by atoms with van der Waals surface area (Å²) in [7, 11) is 1.63. The monoisotopic (exact) mass is 349 g/mol. The first-order valence-electron chi connectivity index (χ1n) is 8.77. The first-order chi connectivity index (χ1) is 12.4. The van der Waals surface area contributed by atoms with Crippen LogP contribution < -0.4 is 4.74 Å². The van der Waals surface area contributed by atoms with Crippen molar-refractivity contribution in [2.24, 2.45) is 0 Å². The molecular weight excluding hydrogens is 326 g/mol. The lowest BCUT2D eigenvalue weighted by molar-refractivity contribution is 0.0699. The normalized spacial score (nSPS) is 12.2. The zero-order valence-electron chi connectivity index (χ0n) is 15.5. The Morgan fingerprint density at radius 3 is 2.58 bits per heavy atom. The number of hydrogen-bond donors (Lipinski definition) is 1. The summed E-state index contributed by atoms with van der Waals surface area (Å²) in [4.78, 5) is 16.6. The van der Waals surface area contributed by atoms with Crippen LogP contribution in [0.25, 0.3) is 22.2 Å². The summed E-state index contributed by atoms with van der Waals surface area (Å²) in [6.45, 7) is 6.24. The van der Waals surface area contributed by atoms with Crippen molar-refractivity contribution in [1.29, 1.82) is 0 Å². The van der Waals surface area contributed by atoms with Crippen LogP contribution in [-0.2, 0) is 0 Å². The van der Waals surface area contributed by atoms with Gasteiger partial charge in [-0.25, -0.2) is 9.78 Å². The number of pyridine rings is 1. The van der Waals surface area contributed by atoms with Gasteiger partial charge in [0, 0.05) is 10.9 Å². The van der Waals surface area contributed by atoms with Crippen molar-refractivity contribution in [3.05, 3.63) is 59.2 Å². The molecule has 2 aromatic carbocycles. The third-order valence-corrected chi connectivity index (χ3v) is 4.95. The molecule has 3 aromatic rings. The molecule has 0 aliphatic carbocycles. The van der Waals surface area contributed by atoms with E-state index in [0.29, 0.717) is 22.5 Å². The van der Waals surface area contributed by atoms with Gasteiger partial charge in [0.05, 0.1) is 23.9 Å². The molecule has 0 saturated carbocycles. The van der Waals surface area contributed by atoms with E-state index in [1.54, 1.807) is 13.2 Å². The van der Waals surface area contributed by atoms with Crippen LogP contribution >= 0.6 is 0 Å². The smallest absolute Gasteiger partial charge is 0.336 e. The number of benzene rings is 2. The second-order valence-electron chi connectivity index (χ2n) is 6.63. The zero-order chi connectivity index (χ0) is 18.8. The van der Waals surface area contributed by atoms with E-state index >= 15 is 0 Å². The molecule has 0 saturated heterocycles. The fraction of sp³-hybridized carbons (Fsp3) is 0.273. The van der Waals surface area contributed by atoms with Gasteiger partial charge in [-0.1, -0.05) is 19.9 Å². The average molecular weight is 349 g/mol. The first-order valence-corrected chi connectivity index (χ1v) is 8.77. The molecule has 0 aliphatic heterocycles. The van der Waals surface area contributed by atoms with Crippen LogP contribution in [0.4, 0.5) is 0 Å². The summed E-state index contributed by atoms with van der Waals surface area (Å²) < 4.78 is 5.25. The zero-order valence-corrected chi connectivity index (χ0v) is 15.5. The van der Waals surface area contributed by atoms with Gasteiger partial charge in [0.1, 0.15) is 5.75 Å². The molecular formula is C22H23NO3. The van der Waals surface area contributed by atoms with Crippen molar-refractivity contribution in [1.82, 2.24) is 4.98 Å². The van der Waals surface area contributed by atoms with Crippen LogP contribution in [0.3, 0.4) is 0 Å². The Bertz CT molecular complexity index is 979. The third-order valence-electron chi connectivity index (χ3n) is 4.95. The quantitative estimate of drug-likeness (QED) is 0.667. The summed E-state index contributed by atoms with van der Waals surface area (Å²) in [6, 6.07) is 13.3. The molecule has 4 heteroatoms. The van der Waals surface area contributed by atoms with Gasteiger partial charge in [-0.2, -0.15) is 0 Å². The Hall–Kier alpha value is -2.88. The van der Waals surface area contributed by atoms with Gasteiger partial charge in [0.25, 0.3) is 0 Å². The highest BCUT2D eigenvalue weighted by Gasteiger charge is 2.16. The number of fused-ring (bicyclic) bond motifs is 1. The van der Waals surface area contributed by atoms with Crippen molar-refractivity contribution in [3.8, 4) is 17.0 Å². The molecule has 1 N–H and O–H groups in total. The fourth-order valence-electron chi connectivity index (χ4n) is 3.15. The lowest BCUT2D eigenvalue weighted by atomic mass is 9.94. The lowest BCUT2D eigenvalue weighted by Gasteiger charge is -2.13. The maximum atomic E-state index is 11.9. The van der Waals surface area contributed by atoms with Gasteiger partial charge < -0.3 is 9.84 Å². The van der Waals surface area contributed by atoms with Crippen molar-refractivity contribution in [2.45, 2.75) is 33.1 Å². The van der Waals surface area contributed by atoms with E-state index in [1.165, 1.54) is 0 Å². The Kier molecular flexibility index (Phi) is 4.94. The SMILES string of the molecule is CCC(C)c1ccc2nc(-c3ccc(OC)cc3C)cc(C(=O)O)c2c1. The van der Waals surface area contributed by atoms with Crippen LogP contribution in [-0.4, -0.2) is 23.2 Å². The van der Waals surface area contributed by atoms with E-state index < -0.39 is 5.97 Å². The summed E-state index contributed by atoms with van der Waals surface area (Å²) in [5, 5.41) is 10.4. The first kappa shape index (κ1) is 17.9. The van der Waals surface area contributed by atoms with Gasteiger partial charge in [0.15, 0.2) is 0 Å². The number of methoxy groups -OCH3 is 1. The van der Waals surface area contributed by atoms with E-state index in [4.69, 9.17) is 9.72 Å². The van der Waals surface area contributed by atoms with Crippen LogP contribution in [0.2, 0.25) is 0 Å². The largest absolute Gasteiger partial charge is 0.497 e. The Labute approximate surface area is 153 Å². The van der Waals surface area contributed by atoms with Gasteiger partial charge in [-0.3, -0.25) is 0 Å². The number of aromatic nitrogens is 1. The van der Waals surface area contributed by atoms with E-state index in [0.717, 1.165) is 28.9 Å². The molecule has 4 nitrogen and oxygen atoms in total. The molecule has 1 heterocycles. The van der Waals surface area contributed by atoms with Crippen LogP contribution in [0.15, 0.2) is 42.5 Å². The predicted octanol–water partition coefficient (Wildman–Crippen LogP) is 5.43. The molecule has 3 rings (SSSR count). The molecule has 1 unspecified atom stereocenters. The Morgan fingerprint density at radius 2 is 1.96 bits per heavy atom. The molecule has 26 heavy (non-hydrogen) atoms. The number of rotatable bonds is 5. The fourth-order valence-corrected chi connectivity index (χ4v) is 3.15. The predicted molar refractivity (Wildman–Crippen MR) is 104 cm³/mol. The van der Waals surface area contributed by atoms with Gasteiger partial charge in [-0.15, -0.1) is 0 Å². The van der Waals surface area contributed by atoms with Crippen LogP contribution in [0, 0.1) is 6.92 Å². The maximum Gasteiger partial charge on any atom is 0.336 e. The van der Waals surface area contributed by atoms with Crippen LogP contribution in [0.1, 0.15) is 47.7 Å². The summed E-state index contributed by atoms with van der Waals surface area (Å²) in [6.07, 6.45) is 1.00. The highest BCUT2D eigenvalue weighted by molar-refractivity contribution is 6.04. The van der Waals surface area contributed by atoms with E-state index in [9.17, 15) is 9.90 Å². The number of aromatic carboxylic acids is 1. The van der Waals surface area contributed by atoms with Crippen molar-refractivity contribution >= 4 is 16.9 Å². The topological polar surface area (TPSA) is 59.4 Å². The van der Waals surface area contributed by atoms with Gasteiger partial charge in [-0.05, 0) is 66.8 Å². The minimum Gasteiger partial charge on any atom is -0.497 e. The molecule has 0 spiro atoms. The van der Waals surface area contributed by atoms with Crippen molar-refractivity contribution in [3.63, 3.8) is 0 Å². The van der Waals surface area contributed by atoms with Crippen LogP contribution in [0.5, 0.6) is 5.75 Å². The van der Waals surface area contributed by atoms with E-state index in [1.807, 2.05) is 43.3 Å². The number of carboxylic acids is 1. The van der Waals surface area contributed by atoms with E-state index in [2.05, 4.69) is 13.8 Å². The Morgan fingerprint density at radius 1 is 1.19 bits per heavy atom. The second-order valence-corrected chi connectivity index (χ2v) is 6.63. The number of hydrogen-bond acceptors (Lipinski definition) is 3. The van der Waals surface area contributed by atoms with Crippen molar-refractivity contribution in [2.75, 3.05) is 7.11 Å². The molecule has 134 valence electrons. The Balaban J connectivity index is 2.21. The molecule has 0 aliphatic rings. The lowest BCUT2D eigenvalue weighted by Crippen LogP contribution is -2.02. The molecule has 0 radical (unpaired) electrons. The molecule has 0 amide bonds. The highest BCUT2D eigenvalue weighted by Crippen LogP contribution is 2.31. The number of carbonyl (C=O) groups is 1. The van der Waals surface area contributed by atoms with Crippen molar-refractivity contribution < 1.29 is 14.6 Å². The molecule has 0 fully saturated rings.